The molecule has 3 N–H and O–H groups in total. The van der Waals surface area contributed by atoms with Gasteiger partial charge < -0.3 is 20.9 Å². The predicted molar refractivity (Wildman–Crippen MR) is 68.1 cm³/mol. The lowest BCUT2D eigenvalue weighted by Crippen LogP contribution is -2.59. The van der Waals surface area contributed by atoms with Gasteiger partial charge in [0, 0.05) is 25.3 Å². The van der Waals surface area contributed by atoms with E-state index in [4.69, 9.17) is 5.73 Å². The van der Waals surface area contributed by atoms with E-state index in [1.54, 1.807) is 0 Å². The second-order valence-electron chi connectivity index (χ2n) is 4.74. The number of piperazine rings is 1. The summed E-state index contributed by atoms with van der Waals surface area (Å²) in [6.45, 7) is 2.63. The minimum absolute atomic E-state index is 0.0645. The SMILES string of the molecule is CN1CCN2c3ccc(N)cc3NC(=O)C2C1. The van der Waals surface area contributed by atoms with E-state index in [9.17, 15) is 4.79 Å². The molecule has 5 heteroatoms. The van der Waals surface area contributed by atoms with Gasteiger partial charge >= 0.3 is 0 Å². The van der Waals surface area contributed by atoms with E-state index in [2.05, 4.69) is 15.1 Å². The molecule has 5 nitrogen and oxygen atoms in total. The van der Waals surface area contributed by atoms with Crippen LogP contribution in [0.5, 0.6) is 0 Å². The van der Waals surface area contributed by atoms with Crippen LogP contribution >= 0.6 is 0 Å². The van der Waals surface area contributed by atoms with Crippen LogP contribution < -0.4 is 16.0 Å². The summed E-state index contributed by atoms with van der Waals surface area (Å²) < 4.78 is 0. The molecule has 0 saturated carbocycles. The largest absolute Gasteiger partial charge is 0.399 e. The number of nitrogens with zero attached hydrogens (tertiary/aromatic N) is 2. The van der Waals surface area contributed by atoms with Crippen molar-refractivity contribution in [1.82, 2.24) is 4.90 Å². The lowest BCUT2D eigenvalue weighted by Gasteiger charge is -2.44. The standard InChI is InChI=1S/C12H16N4O/c1-15-4-5-16-10-3-2-8(13)6-9(10)14-12(17)11(16)7-15/h2-3,6,11H,4-5,7,13H2,1H3,(H,14,17). The van der Waals surface area contributed by atoms with Crippen molar-refractivity contribution in [3.05, 3.63) is 18.2 Å². The number of likely N-dealkylation sites (N-methyl/N-ethyl adjacent to an activating group) is 1. The van der Waals surface area contributed by atoms with Crippen LogP contribution in [-0.2, 0) is 4.79 Å². The Morgan fingerprint density at radius 2 is 2.24 bits per heavy atom. The topological polar surface area (TPSA) is 61.6 Å². The molecule has 1 amide bonds. The third-order valence-corrected chi connectivity index (χ3v) is 3.47. The fourth-order valence-electron chi connectivity index (χ4n) is 2.55. The van der Waals surface area contributed by atoms with Crippen LogP contribution in [0.25, 0.3) is 0 Å². The molecule has 0 radical (unpaired) electrons. The highest BCUT2D eigenvalue weighted by atomic mass is 16.2. The molecule has 1 aromatic carbocycles. The summed E-state index contributed by atoms with van der Waals surface area (Å²) in [5.41, 5.74) is 8.33. The molecule has 0 aromatic heterocycles. The molecule has 2 aliphatic heterocycles. The number of hydrogen-bond donors (Lipinski definition) is 2. The molecule has 1 fully saturated rings. The van der Waals surface area contributed by atoms with Gasteiger partial charge in [0.25, 0.3) is 0 Å². The molecule has 17 heavy (non-hydrogen) atoms. The molecule has 90 valence electrons. The first kappa shape index (κ1) is 10.4. The number of fused-ring (bicyclic) bond motifs is 3. The zero-order chi connectivity index (χ0) is 12.0. The predicted octanol–water partition coefficient (Wildman–Crippen LogP) is 0.341. The number of rotatable bonds is 0. The number of nitrogens with one attached hydrogen (secondary N) is 1. The molecule has 1 saturated heterocycles. The number of carbonyl (C=O) groups excluding carboxylic acids is 1. The highest BCUT2D eigenvalue weighted by molar-refractivity contribution is 6.04. The van der Waals surface area contributed by atoms with E-state index in [0.717, 1.165) is 31.0 Å². The summed E-state index contributed by atoms with van der Waals surface area (Å²) in [5.74, 6) is 0.0645. The van der Waals surface area contributed by atoms with Crippen LogP contribution in [0.1, 0.15) is 0 Å². The van der Waals surface area contributed by atoms with Gasteiger partial charge in [-0.2, -0.15) is 0 Å². The number of carbonyl (C=O) groups is 1. The Morgan fingerprint density at radius 1 is 1.41 bits per heavy atom. The van der Waals surface area contributed by atoms with Gasteiger partial charge in [0.2, 0.25) is 5.91 Å². The molecule has 0 spiro atoms. The minimum Gasteiger partial charge on any atom is -0.399 e. The first-order valence-corrected chi connectivity index (χ1v) is 5.81. The molecule has 1 atom stereocenters. The Bertz CT molecular complexity index is 474. The van der Waals surface area contributed by atoms with Gasteiger partial charge in [-0.05, 0) is 25.2 Å². The van der Waals surface area contributed by atoms with Gasteiger partial charge in [0.1, 0.15) is 6.04 Å². The molecular weight excluding hydrogens is 216 g/mol. The monoisotopic (exact) mass is 232 g/mol. The minimum atomic E-state index is -0.0788. The van der Waals surface area contributed by atoms with Crippen molar-refractivity contribution >= 4 is 23.0 Å². The van der Waals surface area contributed by atoms with E-state index < -0.39 is 0 Å². The van der Waals surface area contributed by atoms with E-state index in [0.29, 0.717) is 5.69 Å². The molecule has 2 aliphatic rings. The Morgan fingerprint density at radius 3 is 3.06 bits per heavy atom. The van der Waals surface area contributed by atoms with Crippen LogP contribution in [0.3, 0.4) is 0 Å². The van der Waals surface area contributed by atoms with E-state index >= 15 is 0 Å². The van der Waals surface area contributed by atoms with Gasteiger partial charge in [0.15, 0.2) is 0 Å². The van der Waals surface area contributed by atoms with Gasteiger partial charge in [-0.3, -0.25) is 4.79 Å². The van der Waals surface area contributed by atoms with Crippen molar-refractivity contribution in [2.45, 2.75) is 6.04 Å². The highest BCUT2D eigenvalue weighted by Crippen LogP contribution is 2.34. The van der Waals surface area contributed by atoms with Crippen LogP contribution in [0.4, 0.5) is 17.1 Å². The van der Waals surface area contributed by atoms with E-state index in [1.165, 1.54) is 0 Å². The number of nitrogen functional groups attached to an aromatic ring is 1. The molecule has 0 aliphatic carbocycles. The van der Waals surface area contributed by atoms with Crippen molar-refractivity contribution < 1.29 is 4.79 Å². The Balaban J connectivity index is 2.02. The molecule has 0 bridgehead atoms. The van der Waals surface area contributed by atoms with Gasteiger partial charge in [-0.25, -0.2) is 0 Å². The number of hydrogen-bond acceptors (Lipinski definition) is 4. The summed E-state index contributed by atoms with van der Waals surface area (Å²) in [6.07, 6.45) is 0. The van der Waals surface area contributed by atoms with Crippen molar-refractivity contribution in [2.24, 2.45) is 0 Å². The molecule has 1 unspecified atom stereocenters. The fourth-order valence-corrected chi connectivity index (χ4v) is 2.55. The van der Waals surface area contributed by atoms with Gasteiger partial charge in [-0.1, -0.05) is 0 Å². The van der Waals surface area contributed by atoms with Crippen LogP contribution in [-0.4, -0.2) is 43.5 Å². The number of anilines is 3. The van der Waals surface area contributed by atoms with E-state index in [1.807, 2.05) is 25.2 Å². The second kappa shape index (κ2) is 3.63. The average Bonchev–Trinajstić information content (AvgIpc) is 2.29. The van der Waals surface area contributed by atoms with Gasteiger partial charge in [-0.15, -0.1) is 0 Å². The third-order valence-electron chi connectivity index (χ3n) is 3.47. The maximum atomic E-state index is 12.0. The Labute approximate surface area is 100 Å². The lowest BCUT2D eigenvalue weighted by molar-refractivity contribution is -0.118. The van der Waals surface area contributed by atoms with Crippen molar-refractivity contribution in [1.29, 1.82) is 0 Å². The van der Waals surface area contributed by atoms with Crippen LogP contribution in [0.2, 0.25) is 0 Å². The molecular formula is C12H16N4O. The average molecular weight is 232 g/mol. The summed E-state index contributed by atoms with van der Waals surface area (Å²) in [6, 6.07) is 5.61. The zero-order valence-corrected chi connectivity index (χ0v) is 9.81. The zero-order valence-electron chi connectivity index (χ0n) is 9.81. The summed E-state index contributed by atoms with van der Waals surface area (Å²) in [4.78, 5) is 16.4. The van der Waals surface area contributed by atoms with Crippen molar-refractivity contribution in [3.63, 3.8) is 0 Å². The Kier molecular flexibility index (Phi) is 2.22. The fraction of sp³-hybridized carbons (Fsp3) is 0.417. The molecule has 3 rings (SSSR count). The second-order valence-corrected chi connectivity index (χ2v) is 4.74. The number of benzene rings is 1. The smallest absolute Gasteiger partial charge is 0.248 e. The quantitative estimate of drug-likeness (QED) is 0.633. The summed E-state index contributed by atoms with van der Waals surface area (Å²) in [5, 5.41) is 2.93. The maximum Gasteiger partial charge on any atom is 0.248 e. The van der Waals surface area contributed by atoms with Crippen LogP contribution in [0.15, 0.2) is 18.2 Å². The highest BCUT2D eigenvalue weighted by Gasteiger charge is 2.36. The van der Waals surface area contributed by atoms with E-state index in [-0.39, 0.29) is 11.9 Å². The maximum absolute atomic E-state index is 12.0. The number of amides is 1. The van der Waals surface area contributed by atoms with Crippen molar-refractivity contribution in [2.75, 3.05) is 42.6 Å². The first-order valence-electron chi connectivity index (χ1n) is 5.81. The normalized spacial score (nSPS) is 23.9. The van der Waals surface area contributed by atoms with Crippen molar-refractivity contribution in [3.8, 4) is 0 Å². The van der Waals surface area contributed by atoms with Crippen LogP contribution in [0, 0.1) is 0 Å². The first-order chi connectivity index (χ1) is 8.15. The third kappa shape index (κ3) is 1.63. The lowest BCUT2D eigenvalue weighted by atomic mass is 10.0. The van der Waals surface area contributed by atoms with Gasteiger partial charge in [0.05, 0.1) is 11.4 Å². The molecule has 2 heterocycles. The number of nitrogens with two attached hydrogens (primary N) is 1. The summed E-state index contributed by atoms with van der Waals surface area (Å²) >= 11 is 0. The molecule has 1 aromatic rings. The summed E-state index contributed by atoms with van der Waals surface area (Å²) in [7, 11) is 2.04. The Hall–Kier alpha value is -1.75.